The number of methoxy groups -OCH3 is 2. The molecule has 3 heterocycles. The molecule has 0 saturated carbocycles. The number of likely N-dealkylation sites (tertiary alicyclic amines) is 2. The maximum atomic E-state index is 14.2. The normalized spacial score (nSPS) is 20.9. The molecule has 3 fully saturated rings. The third kappa shape index (κ3) is 10.8. The van der Waals surface area contributed by atoms with E-state index in [4.69, 9.17) is 9.47 Å². The standard InChI is InChI=1S/C48H62FN7O8/c1-47(2,3)39(52-45(61)63-7)43(59)54-27-9-11-37(54)41(57)50-32-19-13-29(14-20-32)35-25-26-36(56(35)34-23-17-31(49)18-24-34)30-15-21-33(22-16-30)51-42(58)38-12-10-28-55(38)44(60)40(48(4,5)6)53-46(62)64-8/h13-24,35-40H,9-12,25-28H2,1-8H3,(H,50,57)(H,51,58)(H,52,61)(H,53,62)/t35?,36?,37-,38-,39+,40+/m0/s1. The third-order valence-corrected chi connectivity index (χ3v) is 12.4. The summed E-state index contributed by atoms with van der Waals surface area (Å²) in [4.78, 5) is 84.3. The van der Waals surface area contributed by atoms with Crippen molar-refractivity contribution in [1.29, 1.82) is 0 Å². The SMILES string of the molecule is COC(=O)N[C@H](C(=O)N1CCC[C@H]1C(=O)Nc1ccc(C2CCC(c3ccc(NC(=O)[C@@H]4CCCN4C(=O)[C@@H](NC(=O)OC)C(C)(C)C)cc3)N2c2ccc(F)cc2)cc1)C(C)(C)C. The average Bonchev–Trinajstić information content (AvgIpc) is 4.05. The van der Waals surface area contributed by atoms with Crippen LogP contribution in [0, 0.1) is 16.6 Å². The summed E-state index contributed by atoms with van der Waals surface area (Å²) in [5.74, 6) is -1.65. The number of nitrogens with one attached hydrogen (secondary N) is 4. The van der Waals surface area contributed by atoms with Gasteiger partial charge >= 0.3 is 12.2 Å². The number of ether oxygens (including phenoxy) is 2. The van der Waals surface area contributed by atoms with Crippen LogP contribution in [0.2, 0.25) is 0 Å². The number of hydrogen-bond donors (Lipinski definition) is 4. The summed E-state index contributed by atoms with van der Waals surface area (Å²) >= 11 is 0. The van der Waals surface area contributed by atoms with E-state index < -0.39 is 47.2 Å². The number of rotatable bonds is 11. The summed E-state index contributed by atoms with van der Waals surface area (Å²) in [6.07, 6.45) is 2.41. The number of anilines is 3. The molecular weight excluding hydrogens is 822 g/mol. The van der Waals surface area contributed by atoms with Crippen molar-refractivity contribution in [1.82, 2.24) is 20.4 Å². The number of hydrogen-bond acceptors (Lipinski definition) is 9. The Morgan fingerprint density at radius 2 is 0.953 bits per heavy atom. The Morgan fingerprint density at radius 1 is 0.578 bits per heavy atom. The largest absolute Gasteiger partial charge is 0.453 e. The molecule has 4 N–H and O–H groups in total. The number of halogens is 1. The minimum Gasteiger partial charge on any atom is -0.453 e. The lowest BCUT2D eigenvalue weighted by Crippen LogP contribution is -2.57. The second-order valence-electron chi connectivity index (χ2n) is 19.0. The highest BCUT2D eigenvalue weighted by atomic mass is 19.1. The fourth-order valence-electron chi connectivity index (χ4n) is 9.06. The Balaban J connectivity index is 1.14. The highest BCUT2D eigenvalue weighted by Gasteiger charge is 2.44. The molecule has 6 atom stereocenters. The van der Waals surface area contributed by atoms with E-state index in [1.54, 1.807) is 12.1 Å². The van der Waals surface area contributed by atoms with E-state index in [2.05, 4.69) is 26.2 Å². The van der Waals surface area contributed by atoms with E-state index in [1.807, 2.05) is 90.1 Å². The molecule has 6 amide bonds. The molecule has 16 heteroatoms. The minimum absolute atomic E-state index is 0.0873. The van der Waals surface area contributed by atoms with Gasteiger partial charge in [0.25, 0.3) is 0 Å². The average molecular weight is 884 g/mol. The molecular formula is C48H62FN7O8. The molecule has 344 valence electrons. The number of amides is 6. The summed E-state index contributed by atoms with van der Waals surface area (Å²) in [7, 11) is 2.48. The van der Waals surface area contributed by atoms with Crippen molar-refractivity contribution in [2.75, 3.05) is 42.8 Å². The van der Waals surface area contributed by atoms with E-state index in [-0.39, 0.29) is 41.5 Å². The predicted molar refractivity (Wildman–Crippen MR) is 241 cm³/mol. The van der Waals surface area contributed by atoms with Crippen LogP contribution in [0.5, 0.6) is 0 Å². The van der Waals surface area contributed by atoms with Crippen LogP contribution in [-0.4, -0.2) is 97.1 Å². The van der Waals surface area contributed by atoms with Gasteiger partial charge in [0.05, 0.1) is 26.3 Å². The Labute approximate surface area is 374 Å². The lowest BCUT2D eigenvalue weighted by molar-refractivity contribution is -0.140. The van der Waals surface area contributed by atoms with Crippen LogP contribution in [0.15, 0.2) is 72.8 Å². The van der Waals surface area contributed by atoms with Crippen molar-refractivity contribution in [2.24, 2.45) is 10.8 Å². The fourth-order valence-corrected chi connectivity index (χ4v) is 9.06. The molecule has 0 bridgehead atoms. The van der Waals surface area contributed by atoms with Gasteiger partial charge in [0.1, 0.15) is 30.0 Å². The number of alkyl carbamates (subject to hydrolysis) is 2. The van der Waals surface area contributed by atoms with E-state index in [9.17, 15) is 33.2 Å². The summed E-state index contributed by atoms with van der Waals surface area (Å²) < 4.78 is 23.7. The highest BCUT2D eigenvalue weighted by molar-refractivity contribution is 6.00. The zero-order chi connectivity index (χ0) is 46.5. The molecule has 3 aliphatic heterocycles. The van der Waals surface area contributed by atoms with Crippen molar-refractivity contribution >= 4 is 52.9 Å². The molecule has 3 saturated heterocycles. The molecule has 3 aliphatic rings. The first kappa shape index (κ1) is 47.3. The van der Waals surface area contributed by atoms with Gasteiger partial charge in [0, 0.05) is 30.2 Å². The van der Waals surface area contributed by atoms with Crippen LogP contribution >= 0.6 is 0 Å². The minimum atomic E-state index is -0.885. The number of carbonyl (C=O) groups is 6. The molecule has 0 aliphatic carbocycles. The van der Waals surface area contributed by atoms with Gasteiger partial charge < -0.3 is 45.4 Å². The Kier molecular flexibility index (Phi) is 14.5. The van der Waals surface area contributed by atoms with Gasteiger partial charge in [-0.1, -0.05) is 65.8 Å². The summed E-state index contributed by atoms with van der Waals surface area (Å²) in [6, 6.07) is 18.3. The molecule has 6 rings (SSSR count). The number of benzene rings is 3. The van der Waals surface area contributed by atoms with Gasteiger partial charge in [0.15, 0.2) is 0 Å². The molecule has 3 aromatic carbocycles. The van der Waals surface area contributed by atoms with Gasteiger partial charge in [-0.2, -0.15) is 0 Å². The van der Waals surface area contributed by atoms with Crippen molar-refractivity contribution in [3.05, 3.63) is 89.7 Å². The molecule has 15 nitrogen and oxygen atoms in total. The smallest absolute Gasteiger partial charge is 0.407 e. The van der Waals surface area contributed by atoms with E-state index in [1.165, 1.54) is 36.2 Å². The predicted octanol–water partition coefficient (Wildman–Crippen LogP) is 7.31. The van der Waals surface area contributed by atoms with Gasteiger partial charge in [-0.25, -0.2) is 14.0 Å². The topological polar surface area (TPSA) is 179 Å². The Hall–Kier alpha value is -6.19. The van der Waals surface area contributed by atoms with Crippen LogP contribution in [0.3, 0.4) is 0 Å². The second-order valence-corrected chi connectivity index (χ2v) is 19.0. The van der Waals surface area contributed by atoms with Crippen molar-refractivity contribution in [3.8, 4) is 0 Å². The van der Waals surface area contributed by atoms with E-state index >= 15 is 0 Å². The molecule has 0 radical (unpaired) electrons. The van der Waals surface area contributed by atoms with Crippen LogP contribution < -0.4 is 26.2 Å². The van der Waals surface area contributed by atoms with Gasteiger partial charge in [-0.15, -0.1) is 0 Å². The number of nitrogens with zero attached hydrogens (tertiary/aromatic N) is 3. The molecule has 0 aromatic heterocycles. The molecule has 64 heavy (non-hydrogen) atoms. The first-order valence-corrected chi connectivity index (χ1v) is 22.0. The maximum absolute atomic E-state index is 14.2. The summed E-state index contributed by atoms with van der Waals surface area (Å²) in [5.41, 5.74) is 2.74. The summed E-state index contributed by atoms with van der Waals surface area (Å²) in [5, 5.41) is 11.3. The van der Waals surface area contributed by atoms with Gasteiger partial charge in [-0.05, 0) is 109 Å². The second kappa shape index (κ2) is 19.7. The monoisotopic (exact) mass is 883 g/mol. The molecule has 2 unspecified atom stereocenters. The van der Waals surface area contributed by atoms with Crippen LogP contribution in [0.4, 0.5) is 31.0 Å². The lowest BCUT2D eigenvalue weighted by atomic mass is 9.85. The first-order valence-electron chi connectivity index (χ1n) is 22.0. The maximum Gasteiger partial charge on any atom is 0.407 e. The lowest BCUT2D eigenvalue weighted by Gasteiger charge is -2.35. The van der Waals surface area contributed by atoms with Crippen LogP contribution in [0.25, 0.3) is 0 Å². The number of carbonyl (C=O) groups excluding carboxylic acids is 6. The molecule has 0 spiro atoms. The Bertz CT molecular complexity index is 2040. The van der Waals surface area contributed by atoms with Crippen molar-refractivity contribution in [3.63, 3.8) is 0 Å². The van der Waals surface area contributed by atoms with Gasteiger partial charge in [0.2, 0.25) is 23.6 Å². The van der Waals surface area contributed by atoms with Crippen LogP contribution in [0.1, 0.15) is 103 Å². The fraction of sp³-hybridized carbons (Fsp3) is 0.500. The first-order chi connectivity index (χ1) is 30.3. The summed E-state index contributed by atoms with van der Waals surface area (Å²) in [6.45, 7) is 11.8. The zero-order valence-corrected chi connectivity index (χ0v) is 38.0. The quantitative estimate of drug-likeness (QED) is 0.154. The van der Waals surface area contributed by atoms with E-state index in [0.29, 0.717) is 50.1 Å². The third-order valence-electron chi connectivity index (χ3n) is 12.4. The van der Waals surface area contributed by atoms with Crippen molar-refractivity contribution < 1.29 is 42.6 Å². The van der Waals surface area contributed by atoms with Crippen LogP contribution in [-0.2, 0) is 28.7 Å². The van der Waals surface area contributed by atoms with Gasteiger partial charge in [-0.3, -0.25) is 19.2 Å². The Morgan fingerprint density at radius 3 is 1.30 bits per heavy atom. The molecule has 3 aromatic rings. The van der Waals surface area contributed by atoms with Crippen molar-refractivity contribution in [2.45, 2.75) is 116 Å². The highest BCUT2D eigenvalue weighted by Crippen LogP contribution is 2.47. The van der Waals surface area contributed by atoms with E-state index in [0.717, 1.165) is 29.7 Å². The zero-order valence-electron chi connectivity index (χ0n) is 38.0.